The van der Waals surface area contributed by atoms with Gasteiger partial charge >= 0.3 is 11.9 Å². The molecule has 0 aromatic heterocycles. The Bertz CT molecular complexity index is 1270. The number of nitrogens with zero attached hydrogens (tertiary/aromatic N) is 1. The van der Waals surface area contributed by atoms with Crippen molar-refractivity contribution < 1.29 is 42.1 Å². The van der Waals surface area contributed by atoms with Gasteiger partial charge in [0.15, 0.2) is 6.10 Å². The first-order valence-corrected chi connectivity index (χ1v) is 32.5. The molecule has 72 heavy (non-hydrogen) atoms. The molecule has 0 spiro atoms. The summed E-state index contributed by atoms with van der Waals surface area (Å²) in [5, 5.41) is 0. The van der Waals surface area contributed by atoms with Gasteiger partial charge in [0.1, 0.15) is 19.8 Å². The molecular formula is C62H120NO8P. The Kier molecular flexibility index (Phi) is 53.1. The summed E-state index contributed by atoms with van der Waals surface area (Å²) < 4.78 is 34.1. The minimum absolute atomic E-state index is 0.0294. The van der Waals surface area contributed by atoms with Gasteiger partial charge in [-0.2, -0.15) is 0 Å². The molecule has 0 amide bonds. The summed E-state index contributed by atoms with van der Waals surface area (Å²) in [6.07, 6.45) is 65.6. The molecule has 9 nitrogen and oxygen atoms in total. The normalized spacial score (nSPS) is 13.4. The first kappa shape index (κ1) is 70.5. The van der Waals surface area contributed by atoms with E-state index in [2.05, 4.69) is 38.2 Å². The number of esters is 2. The quantitative estimate of drug-likeness (QED) is 0.0195. The van der Waals surface area contributed by atoms with E-state index in [1.807, 2.05) is 21.1 Å². The number of rotatable bonds is 58. The SMILES string of the molecule is CCCC/C=C\CCCCCCCC(=O)OCC(COP(=O)([O-])OCC[N+](C)(C)C)OC(=O)CCCCCCCCCCCCCCCCCCCCCCCCCCC/C=C\CCCCCCCCCC. The highest BCUT2D eigenvalue weighted by Crippen LogP contribution is 2.38. The average molecular weight is 1040 g/mol. The van der Waals surface area contributed by atoms with E-state index >= 15 is 0 Å². The Balaban J connectivity index is 3.85. The number of unbranched alkanes of at least 4 members (excludes halogenated alkanes) is 40. The molecule has 0 aromatic carbocycles. The lowest BCUT2D eigenvalue weighted by molar-refractivity contribution is -0.870. The number of quaternary nitrogens is 1. The fourth-order valence-corrected chi connectivity index (χ4v) is 9.83. The molecule has 10 heteroatoms. The van der Waals surface area contributed by atoms with Crippen LogP contribution in [0.15, 0.2) is 24.3 Å². The summed E-state index contributed by atoms with van der Waals surface area (Å²) in [6.45, 7) is 4.22. The molecule has 2 atom stereocenters. The molecule has 0 aliphatic carbocycles. The Morgan fingerprint density at radius 2 is 0.722 bits per heavy atom. The summed E-state index contributed by atoms with van der Waals surface area (Å²) in [7, 11) is 1.18. The van der Waals surface area contributed by atoms with Crippen LogP contribution >= 0.6 is 7.82 Å². The van der Waals surface area contributed by atoms with E-state index in [0.29, 0.717) is 17.4 Å². The van der Waals surface area contributed by atoms with Crippen molar-refractivity contribution in [3.8, 4) is 0 Å². The van der Waals surface area contributed by atoms with E-state index < -0.39 is 26.5 Å². The van der Waals surface area contributed by atoms with Crippen LogP contribution in [0.25, 0.3) is 0 Å². The van der Waals surface area contributed by atoms with Crippen molar-refractivity contribution in [3.05, 3.63) is 24.3 Å². The molecule has 0 aliphatic heterocycles. The predicted molar refractivity (Wildman–Crippen MR) is 305 cm³/mol. The highest BCUT2D eigenvalue weighted by atomic mass is 31.2. The fraction of sp³-hybridized carbons (Fsp3) is 0.903. The maximum Gasteiger partial charge on any atom is 0.306 e. The van der Waals surface area contributed by atoms with Crippen LogP contribution in [0, 0.1) is 0 Å². The van der Waals surface area contributed by atoms with Gasteiger partial charge in [0.25, 0.3) is 7.82 Å². The molecule has 0 heterocycles. The maximum absolute atomic E-state index is 12.8. The lowest BCUT2D eigenvalue weighted by Gasteiger charge is -2.28. The molecule has 0 aromatic rings. The average Bonchev–Trinajstić information content (AvgIpc) is 3.34. The number of hydrogen-bond donors (Lipinski definition) is 0. The number of phosphoric acid groups is 1. The zero-order valence-electron chi connectivity index (χ0n) is 48.4. The van der Waals surface area contributed by atoms with Crippen molar-refractivity contribution >= 4 is 19.8 Å². The first-order chi connectivity index (χ1) is 35.0. The molecule has 2 unspecified atom stereocenters. The Hall–Kier alpha value is -1.51. The van der Waals surface area contributed by atoms with Crippen molar-refractivity contribution in [1.29, 1.82) is 0 Å². The van der Waals surface area contributed by atoms with Gasteiger partial charge in [-0.25, -0.2) is 0 Å². The third kappa shape index (κ3) is 57.8. The number of likely N-dealkylation sites (N-methyl/N-ethyl adjacent to an activating group) is 1. The van der Waals surface area contributed by atoms with Gasteiger partial charge in [0.05, 0.1) is 27.7 Å². The molecule has 0 aliphatic rings. The Morgan fingerprint density at radius 3 is 1.07 bits per heavy atom. The highest BCUT2D eigenvalue weighted by Gasteiger charge is 2.22. The first-order valence-electron chi connectivity index (χ1n) is 31.0. The molecule has 0 saturated carbocycles. The molecule has 0 saturated heterocycles. The van der Waals surface area contributed by atoms with Crippen molar-refractivity contribution in [1.82, 2.24) is 0 Å². The lowest BCUT2D eigenvalue weighted by atomic mass is 10.0. The van der Waals surface area contributed by atoms with Crippen LogP contribution in [0.2, 0.25) is 0 Å². The van der Waals surface area contributed by atoms with Gasteiger partial charge in [-0.3, -0.25) is 14.2 Å². The van der Waals surface area contributed by atoms with Crippen molar-refractivity contribution in [2.45, 2.75) is 315 Å². The maximum atomic E-state index is 12.8. The summed E-state index contributed by atoms with van der Waals surface area (Å²) >= 11 is 0. The smallest absolute Gasteiger partial charge is 0.306 e. The minimum Gasteiger partial charge on any atom is -0.756 e. The minimum atomic E-state index is -4.63. The zero-order chi connectivity index (χ0) is 52.7. The molecule has 0 radical (unpaired) electrons. The summed E-state index contributed by atoms with van der Waals surface area (Å²) in [5.74, 6) is -0.832. The van der Waals surface area contributed by atoms with Crippen LogP contribution in [0.3, 0.4) is 0 Å². The second-order valence-corrected chi connectivity index (χ2v) is 23.8. The molecule has 0 N–H and O–H groups in total. The van der Waals surface area contributed by atoms with Gasteiger partial charge in [0.2, 0.25) is 0 Å². The number of carbonyl (C=O) groups is 2. The van der Waals surface area contributed by atoms with Crippen LogP contribution in [0.4, 0.5) is 0 Å². The van der Waals surface area contributed by atoms with E-state index in [9.17, 15) is 19.0 Å². The Labute approximate surface area is 447 Å². The number of hydrogen-bond acceptors (Lipinski definition) is 8. The lowest BCUT2D eigenvalue weighted by Crippen LogP contribution is -2.37. The Morgan fingerprint density at radius 1 is 0.417 bits per heavy atom. The highest BCUT2D eigenvalue weighted by molar-refractivity contribution is 7.45. The van der Waals surface area contributed by atoms with Gasteiger partial charge in [0, 0.05) is 12.8 Å². The third-order valence-corrected chi connectivity index (χ3v) is 14.9. The van der Waals surface area contributed by atoms with Crippen molar-refractivity contribution in [2.24, 2.45) is 0 Å². The van der Waals surface area contributed by atoms with E-state index in [1.54, 1.807) is 0 Å². The predicted octanol–water partition coefficient (Wildman–Crippen LogP) is 18.7. The fourth-order valence-electron chi connectivity index (χ4n) is 9.11. The molecule has 0 rings (SSSR count). The van der Waals surface area contributed by atoms with Crippen LogP contribution in [0.5, 0.6) is 0 Å². The van der Waals surface area contributed by atoms with Crippen LogP contribution in [-0.4, -0.2) is 70.0 Å². The summed E-state index contributed by atoms with van der Waals surface area (Å²) in [5.41, 5.74) is 0. The largest absolute Gasteiger partial charge is 0.756 e. The second kappa shape index (κ2) is 54.3. The monoisotopic (exact) mass is 1040 g/mol. The van der Waals surface area contributed by atoms with Crippen molar-refractivity contribution in [3.63, 3.8) is 0 Å². The van der Waals surface area contributed by atoms with Crippen LogP contribution in [0.1, 0.15) is 309 Å². The van der Waals surface area contributed by atoms with E-state index in [-0.39, 0.29) is 32.0 Å². The van der Waals surface area contributed by atoms with E-state index in [1.165, 1.54) is 218 Å². The number of ether oxygens (including phenoxy) is 2. The summed E-state index contributed by atoms with van der Waals surface area (Å²) in [6, 6.07) is 0. The van der Waals surface area contributed by atoms with Crippen LogP contribution < -0.4 is 4.89 Å². The van der Waals surface area contributed by atoms with Gasteiger partial charge in [-0.1, -0.05) is 263 Å². The molecular weight excluding hydrogens is 918 g/mol. The van der Waals surface area contributed by atoms with E-state index in [0.717, 1.165) is 57.8 Å². The van der Waals surface area contributed by atoms with Crippen molar-refractivity contribution in [2.75, 3.05) is 47.5 Å². The van der Waals surface area contributed by atoms with Gasteiger partial charge < -0.3 is 27.9 Å². The molecule has 0 fully saturated rings. The third-order valence-electron chi connectivity index (χ3n) is 13.9. The topological polar surface area (TPSA) is 111 Å². The molecule has 426 valence electrons. The van der Waals surface area contributed by atoms with E-state index in [4.69, 9.17) is 18.5 Å². The number of carbonyl (C=O) groups excluding carboxylic acids is 2. The number of phosphoric ester groups is 1. The molecule has 0 bridgehead atoms. The van der Waals surface area contributed by atoms with Gasteiger partial charge in [-0.15, -0.1) is 0 Å². The summed E-state index contributed by atoms with van der Waals surface area (Å²) in [4.78, 5) is 37.7. The van der Waals surface area contributed by atoms with Crippen LogP contribution in [-0.2, 0) is 32.7 Å². The van der Waals surface area contributed by atoms with Gasteiger partial charge in [-0.05, 0) is 57.8 Å². The number of allylic oxidation sites excluding steroid dienone is 4. The zero-order valence-corrected chi connectivity index (χ0v) is 49.3. The second-order valence-electron chi connectivity index (χ2n) is 22.4. The standard InChI is InChI=1S/C62H120NO8P/c1-6-8-10-12-14-16-18-19-20-21-22-23-24-25-26-27-28-29-30-31-32-33-34-35-36-37-38-39-40-41-42-43-45-47-49-51-53-55-62(65)71-60(59-70-72(66,67)69-57-56-63(3,4)5)58-68-61(64)54-52-50-48-46-44-17-15-13-11-9-7-2/h13,15,21-22,60H,6-12,14,16-20,23-59H2,1-5H3/b15-13-,22-21-.